The van der Waals surface area contributed by atoms with Gasteiger partial charge in [0.25, 0.3) is 0 Å². The Morgan fingerprint density at radius 1 is 1.10 bits per heavy atom. The quantitative estimate of drug-likeness (QED) is 0.927. The summed E-state index contributed by atoms with van der Waals surface area (Å²) in [5.74, 6) is 0.346. The number of nitrogens with zero attached hydrogens (tertiary/aromatic N) is 2. The van der Waals surface area contributed by atoms with Crippen molar-refractivity contribution in [3.8, 4) is 0 Å². The fourth-order valence-corrected chi connectivity index (χ4v) is 2.71. The Hall–Kier alpha value is -2.14. The zero-order chi connectivity index (χ0) is 14.8. The maximum absolute atomic E-state index is 12.1. The fourth-order valence-electron chi connectivity index (χ4n) is 2.44. The molecule has 1 aliphatic rings. The van der Waals surface area contributed by atoms with E-state index in [2.05, 4.69) is 20.9 Å². The molecule has 2 N–H and O–H groups in total. The molecule has 0 aromatic heterocycles. The molecule has 0 aliphatic carbocycles. The number of carbonyl (C=O) groups is 1. The molecule has 2 amide bonds. The standard InChI is InChI=1S/C16H14BrN3O/c17-13-8-6-12(7-9-13)14-15(18)19-16(21)20(14)10-11-4-2-1-3-5-11/h1-9,14H,10H2,(H2,18,19,21). The molecule has 2 aromatic carbocycles. The second-order valence-electron chi connectivity index (χ2n) is 4.89. The number of amidine groups is 1. The minimum absolute atomic E-state index is 0.288. The van der Waals surface area contributed by atoms with Gasteiger partial charge in [-0.1, -0.05) is 58.4 Å². The van der Waals surface area contributed by atoms with Crippen LogP contribution in [-0.4, -0.2) is 16.8 Å². The maximum atomic E-state index is 12.1. The predicted octanol–water partition coefficient (Wildman–Crippen LogP) is 3.48. The van der Waals surface area contributed by atoms with Crippen LogP contribution in [-0.2, 0) is 6.54 Å². The van der Waals surface area contributed by atoms with Crippen LogP contribution in [0.25, 0.3) is 0 Å². The van der Waals surface area contributed by atoms with Gasteiger partial charge in [0.15, 0.2) is 0 Å². The number of hydrogen-bond acceptors (Lipinski definition) is 2. The molecular formula is C16H14BrN3O. The summed E-state index contributed by atoms with van der Waals surface area (Å²) in [6.07, 6.45) is 0. The van der Waals surface area contributed by atoms with Crippen LogP contribution in [0.15, 0.2) is 64.1 Å². The van der Waals surface area contributed by atoms with E-state index in [0.717, 1.165) is 15.6 Å². The lowest BCUT2D eigenvalue weighted by molar-refractivity contribution is 0.204. The Kier molecular flexibility index (Phi) is 3.75. The van der Waals surface area contributed by atoms with Crippen molar-refractivity contribution in [2.75, 3.05) is 0 Å². The van der Waals surface area contributed by atoms with E-state index < -0.39 is 0 Å². The van der Waals surface area contributed by atoms with E-state index in [9.17, 15) is 4.79 Å². The molecule has 1 aliphatic heterocycles. The second-order valence-corrected chi connectivity index (χ2v) is 5.80. The smallest absolute Gasteiger partial charge is 0.346 e. The van der Waals surface area contributed by atoms with Gasteiger partial charge in [0, 0.05) is 11.0 Å². The summed E-state index contributed by atoms with van der Waals surface area (Å²) in [7, 11) is 0. The molecule has 1 unspecified atom stereocenters. The Labute approximate surface area is 131 Å². The van der Waals surface area contributed by atoms with Crippen molar-refractivity contribution in [2.45, 2.75) is 12.6 Å². The zero-order valence-corrected chi connectivity index (χ0v) is 12.8. The van der Waals surface area contributed by atoms with Gasteiger partial charge in [-0.15, -0.1) is 0 Å². The minimum atomic E-state index is -0.300. The van der Waals surface area contributed by atoms with Crippen LogP contribution >= 0.6 is 15.9 Å². The number of urea groups is 1. The van der Waals surface area contributed by atoms with Crippen molar-refractivity contribution < 1.29 is 4.79 Å². The SMILES string of the molecule is NC1=NC(=O)N(Cc2ccccc2)C1c1ccc(Br)cc1. The van der Waals surface area contributed by atoms with Gasteiger partial charge in [0.1, 0.15) is 11.9 Å². The lowest BCUT2D eigenvalue weighted by Gasteiger charge is -2.24. The molecule has 106 valence electrons. The fraction of sp³-hybridized carbons (Fsp3) is 0.125. The van der Waals surface area contributed by atoms with Gasteiger partial charge in [0.2, 0.25) is 0 Å². The third-order valence-electron chi connectivity index (χ3n) is 3.44. The number of hydrogen-bond donors (Lipinski definition) is 1. The topological polar surface area (TPSA) is 58.7 Å². The van der Waals surface area contributed by atoms with Crippen LogP contribution in [0.4, 0.5) is 4.79 Å². The van der Waals surface area contributed by atoms with Crippen LogP contribution in [0.2, 0.25) is 0 Å². The number of amides is 2. The molecule has 5 heteroatoms. The summed E-state index contributed by atoms with van der Waals surface area (Å²) < 4.78 is 0.987. The molecule has 1 atom stereocenters. The Balaban J connectivity index is 1.91. The maximum Gasteiger partial charge on any atom is 0.346 e. The van der Waals surface area contributed by atoms with Gasteiger partial charge in [0.05, 0.1) is 0 Å². The van der Waals surface area contributed by atoms with Crippen molar-refractivity contribution in [3.63, 3.8) is 0 Å². The van der Waals surface area contributed by atoms with Crippen LogP contribution in [0.3, 0.4) is 0 Å². The van der Waals surface area contributed by atoms with Crippen molar-refractivity contribution in [1.29, 1.82) is 0 Å². The van der Waals surface area contributed by atoms with Crippen LogP contribution in [0.1, 0.15) is 17.2 Å². The highest BCUT2D eigenvalue weighted by Crippen LogP contribution is 2.29. The Morgan fingerprint density at radius 3 is 2.43 bits per heavy atom. The lowest BCUT2D eigenvalue weighted by Crippen LogP contribution is -2.32. The normalized spacial score (nSPS) is 18.0. The molecule has 1 heterocycles. The lowest BCUT2D eigenvalue weighted by atomic mass is 10.0. The van der Waals surface area contributed by atoms with Crippen LogP contribution in [0.5, 0.6) is 0 Å². The van der Waals surface area contributed by atoms with Crippen LogP contribution < -0.4 is 5.73 Å². The molecule has 0 saturated carbocycles. The number of rotatable bonds is 3. The van der Waals surface area contributed by atoms with Gasteiger partial charge < -0.3 is 10.6 Å². The van der Waals surface area contributed by atoms with Gasteiger partial charge >= 0.3 is 6.03 Å². The molecule has 0 saturated heterocycles. The number of halogens is 1. The van der Waals surface area contributed by atoms with Crippen molar-refractivity contribution in [1.82, 2.24) is 4.90 Å². The van der Waals surface area contributed by atoms with E-state index in [1.165, 1.54) is 0 Å². The molecule has 0 radical (unpaired) electrons. The van der Waals surface area contributed by atoms with E-state index in [0.29, 0.717) is 12.4 Å². The molecule has 3 rings (SSSR count). The van der Waals surface area contributed by atoms with Gasteiger partial charge in [-0.25, -0.2) is 4.79 Å². The number of aliphatic imine (C=N–C) groups is 1. The summed E-state index contributed by atoms with van der Waals surface area (Å²) in [5.41, 5.74) is 7.97. The van der Waals surface area contributed by atoms with Crippen molar-refractivity contribution >= 4 is 27.8 Å². The summed E-state index contributed by atoms with van der Waals surface area (Å²) >= 11 is 3.41. The average Bonchev–Trinajstić information content (AvgIpc) is 2.76. The van der Waals surface area contributed by atoms with Crippen LogP contribution in [0, 0.1) is 0 Å². The monoisotopic (exact) mass is 343 g/mol. The molecule has 0 spiro atoms. The molecule has 4 nitrogen and oxygen atoms in total. The summed E-state index contributed by atoms with van der Waals surface area (Å²) in [6.45, 7) is 0.491. The average molecular weight is 344 g/mol. The first-order valence-electron chi connectivity index (χ1n) is 6.59. The number of benzene rings is 2. The van der Waals surface area contributed by atoms with Gasteiger partial charge in [-0.3, -0.25) is 0 Å². The Bertz CT molecular complexity index is 682. The van der Waals surface area contributed by atoms with E-state index in [1.807, 2.05) is 54.6 Å². The largest absolute Gasteiger partial charge is 0.385 e. The summed E-state index contributed by atoms with van der Waals surface area (Å²) in [5, 5.41) is 0. The third kappa shape index (κ3) is 2.83. The molecule has 0 fully saturated rings. The third-order valence-corrected chi connectivity index (χ3v) is 3.97. The number of nitrogens with two attached hydrogens (primary N) is 1. The molecule has 0 bridgehead atoms. The minimum Gasteiger partial charge on any atom is -0.385 e. The number of carbonyl (C=O) groups excluding carboxylic acids is 1. The summed E-state index contributed by atoms with van der Waals surface area (Å²) in [6, 6.07) is 17.0. The predicted molar refractivity (Wildman–Crippen MR) is 85.9 cm³/mol. The highest BCUT2D eigenvalue weighted by molar-refractivity contribution is 9.10. The summed E-state index contributed by atoms with van der Waals surface area (Å²) in [4.78, 5) is 17.7. The first kappa shape index (κ1) is 13.8. The van der Waals surface area contributed by atoms with E-state index in [-0.39, 0.29) is 12.1 Å². The van der Waals surface area contributed by atoms with E-state index >= 15 is 0 Å². The van der Waals surface area contributed by atoms with Crippen molar-refractivity contribution in [3.05, 3.63) is 70.2 Å². The van der Waals surface area contributed by atoms with Gasteiger partial charge in [-0.05, 0) is 23.3 Å². The molecular weight excluding hydrogens is 330 g/mol. The van der Waals surface area contributed by atoms with Gasteiger partial charge in [-0.2, -0.15) is 4.99 Å². The first-order valence-corrected chi connectivity index (χ1v) is 7.38. The molecule has 21 heavy (non-hydrogen) atoms. The first-order chi connectivity index (χ1) is 10.1. The highest BCUT2D eigenvalue weighted by atomic mass is 79.9. The highest BCUT2D eigenvalue weighted by Gasteiger charge is 2.34. The molecule has 2 aromatic rings. The van der Waals surface area contributed by atoms with Crippen molar-refractivity contribution in [2.24, 2.45) is 10.7 Å². The van der Waals surface area contributed by atoms with E-state index in [4.69, 9.17) is 5.73 Å². The van der Waals surface area contributed by atoms with E-state index in [1.54, 1.807) is 4.90 Å². The second kappa shape index (κ2) is 5.69. The Morgan fingerprint density at radius 2 is 1.76 bits per heavy atom. The zero-order valence-electron chi connectivity index (χ0n) is 11.2.